The number of nitrogens with zero attached hydrogens (tertiary/aromatic N) is 5. The minimum Gasteiger partial charge on any atom is -0.389 e. The summed E-state index contributed by atoms with van der Waals surface area (Å²) < 4.78 is 2.98. The zero-order valence-corrected chi connectivity index (χ0v) is 10.3. The second-order valence-electron chi connectivity index (χ2n) is 4.09. The molecule has 2 rings (SSSR count). The number of nitro groups is 1. The molecule has 102 valence electrons. The molecule has 0 amide bonds. The highest BCUT2D eigenvalue weighted by molar-refractivity contribution is 5.32. The van der Waals surface area contributed by atoms with E-state index in [2.05, 4.69) is 15.5 Å². The van der Waals surface area contributed by atoms with E-state index < -0.39 is 11.0 Å². The van der Waals surface area contributed by atoms with Crippen LogP contribution in [0.1, 0.15) is 0 Å². The highest BCUT2D eigenvalue weighted by atomic mass is 16.6. The van der Waals surface area contributed by atoms with Crippen LogP contribution in [-0.4, -0.2) is 42.2 Å². The van der Waals surface area contributed by atoms with E-state index >= 15 is 0 Å². The molecule has 19 heavy (non-hydrogen) atoms. The largest absolute Gasteiger partial charge is 0.389 e. The van der Waals surface area contributed by atoms with Gasteiger partial charge in [-0.25, -0.2) is 0 Å². The van der Waals surface area contributed by atoms with Gasteiger partial charge in [0.1, 0.15) is 18.2 Å². The van der Waals surface area contributed by atoms with E-state index in [4.69, 9.17) is 0 Å². The van der Waals surface area contributed by atoms with Gasteiger partial charge in [-0.1, -0.05) is 0 Å². The second-order valence-corrected chi connectivity index (χ2v) is 4.09. The molecule has 2 heterocycles. The first-order valence-electron chi connectivity index (χ1n) is 5.63. The Morgan fingerprint density at radius 3 is 3.00 bits per heavy atom. The van der Waals surface area contributed by atoms with Gasteiger partial charge in [-0.2, -0.15) is 10.2 Å². The van der Waals surface area contributed by atoms with Crippen LogP contribution in [0.15, 0.2) is 24.7 Å². The van der Waals surface area contributed by atoms with Gasteiger partial charge in [-0.05, 0) is 0 Å². The maximum atomic E-state index is 10.5. The molecule has 2 N–H and O–H groups in total. The lowest BCUT2D eigenvalue weighted by Gasteiger charge is -2.10. The molecule has 0 fully saturated rings. The first-order valence-corrected chi connectivity index (χ1v) is 5.63. The standard InChI is InChI=1S/C10H14N6O3/c1-14-3-2-10(13-14)11-5-9(17)7-15-6-8(4-12-15)16(18)19/h2-4,6,9,17H,5,7H2,1H3,(H,11,13). The molecule has 0 aliphatic heterocycles. The average Bonchev–Trinajstić information content (AvgIpc) is 2.96. The van der Waals surface area contributed by atoms with Crippen molar-refractivity contribution in [2.24, 2.45) is 7.05 Å². The Kier molecular flexibility index (Phi) is 3.76. The van der Waals surface area contributed by atoms with Gasteiger partial charge < -0.3 is 10.4 Å². The van der Waals surface area contributed by atoms with E-state index in [0.29, 0.717) is 5.82 Å². The summed E-state index contributed by atoms with van der Waals surface area (Å²) in [7, 11) is 1.80. The second kappa shape index (κ2) is 5.48. The number of aryl methyl sites for hydroxylation is 1. The van der Waals surface area contributed by atoms with Crippen molar-refractivity contribution < 1.29 is 10.0 Å². The van der Waals surface area contributed by atoms with Crippen LogP contribution in [-0.2, 0) is 13.6 Å². The summed E-state index contributed by atoms with van der Waals surface area (Å²) in [6.07, 6.45) is 3.50. The van der Waals surface area contributed by atoms with Crippen molar-refractivity contribution in [2.75, 3.05) is 11.9 Å². The third-order valence-corrected chi connectivity index (χ3v) is 2.46. The fourth-order valence-corrected chi connectivity index (χ4v) is 1.56. The molecule has 0 aromatic carbocycles. The SMILES string of the molecule is Cn1ccc(NCC(O)Cn2cc([N+](=O)[O-])cn2)n1. The Balaban J connectivity index is 1.83. The van der Waals surface area contributed by atoms with Crippen molar-refractivity contribution in [3.63, 3.8) is 0 Å². The van der Waals surface area contributed by atoms with Crippen molar-refractivity contribution >= 4 is 11.5 Å². The van der Waals surface area contributed by atoms with Gasteiger partial charge in [0.2, 0.25) is 0 Å². The molecule has 0 bridgehead atoms. The maximum absolute atomic E-state index is 10.5. The zero-order chi connectivity index (χ0) is 13.8. The summed E-state index contributed by atoms with van der Waals surface area (Å²) in [4.78, 5) is 9.95. The highest BCUT2D eigenvalue weighted by Gasteiger charge is 2.12. The van der Waals surface area contributed by atoms with Gasteiger partial charge in [-0.15, -0.1) is 0 Å². The van der Waals surface area contributed by atoms with Crippen molar-refractivity contribution in [2.45, 2.75) is 12.6 Å². The Morgan fingerprint density at radius 2 is 2.42 bits per heavy atom. The quantitative estimate of drug-likeness (QED) is 0.562. The van der Waals surface area contributed by atoms with Crippen LogP contribution in [0, 0.1) is 10.1 Å². The van der Waals surface area contributed by atoms with Crippen LogP contribution >= 0.6 is 0 Å². The molecule has 0 saturated heterocycles. The minimum absolute atomic E-state index is 0.0927. The summed E-state index contributed by atoms with van der Waals surface area (Å²) >= 11 is 0. The molecule has 0 spiro atoms. The molecule has 0 radical (unpaired) electrons. The van der Waals surface area contributed by atoms with Crippen LogP contribution in [0.25, 0.3) is 0 Å². The first kappa shape index (κ1) is 13.0. The summed E-state index contributed by atoms with van der Waals surface area (Å²) in [6.45, 7) is 0.457. The van der Waals surface area contributed by atoms with E-state index in [9.17, 15) is 15.2 Å². The lowest BCUT2D eigenvalue weighted by molar-refractivity contribution is -0.385. The molecular formula is C10H14N6O3. The molecule has 0 aliphatic rings. The molecule has 9 nitrogen and oxygen atoms in total. The van der Waals surface area contributed by atoms with Crippen molar-refractivity contribution in [1.29, 1.82) is 0 Å². The predicted octanol–water partition coefficient (Wildman–Crippen LogP) is -0.00220. The lowest BCUT2D eigenvalue weighted by Crippen LogP contribution is -2.25. The molecular weight excluding hydrogens is 252 g/mol. The molecule has 2 aromatic rings. The topological polar surface area (TPSA) is 111 Å². The highest BCUT2D eigenvalue weighted by Crippen LogP contribution is 2.08. The fraction of sp³-hybridized carbons (Fsp3) is 0.400. The third kappa shape index (κ3) is 3.52. The normalized spacial score (nSPS) is 12.3. The Labute approximate surface area is 108 Å². The lowest BCUT2D eigenvalue weighted by atomic mass is 10.3. The number of nitrogens with one attached hydrogen (secondary N) is 1. The van der Waals surface area contributed by atoms with Gasteiger partial charge in [0.05, 0.1) is 17.6 Å². The molecule has 0 aliphatic carbocycles. The van der Waals surface area contributed by atoms with Crippen molar-refractivity contribution in [1.82, 2.24) is 19.6 Å². The van der Waals surface area contributed by atoms with Gasteiger partial charge >= 0.3 is 5.69 Å². The van der Waals surface area contributed by atoms with Gasteiger partial charge in [-0.3, -0.25) is 19.5 Å². The first-order chi connectivity index (χ1) is 9.04. The Bertz CT molecular complexity index is 563. The number of rotatable bonds is 6. The Morgan fingerprint density at radius 1 is 1.63 bits per heavy atom. The number of hydrogen-bond acceptors (Lipinski definition) is 6. The van der Waals surface area contributed by atoms with E-state index in [1.807, 2.05) is 0 Å². The van der Waals surface area contributed by atoms with E-state index in [1.165, 1.54) is 10.9 Å². The van der Waals surface area contributed by atoms with Gasteiger partial charge in [0.25, 0.3) is 0 Å². The van der Waals surface area contributed by atoms with Crippen LogP contribution in [0.4, 0.5) is 11.5 Å². The van der Waals surface area contributed by atoms with Crippen LogP contribution < -0.4 is 5.32 Å². The van der Waals surface area contributed by atoms with Crippen LogP contribution in [0.2, 0.25) is 0 Å². The molecule has 2 aromatic heterocycles. The molecule has 9 heteroatoms. The molecule has 1 unspecified atom stereocenters. The third-order valence-electron chi connectivity index (χ3n) is 2.46. The van der Waals surface area contributed by atoms with Crippen LogP contribution in [0.3, 0.4) is 0 Å². The summed E-state index contributed by atoms with van der Waals surface area (Å²) in [5.74, 6) is 0.660. The predicted molar refractivity (Wildman–Crippen MR) is 66.6 cm³/mol. The zero-order valence-electron chi connectivity index (χ0n) is 10.3. The van der Waals surface area contributed by atoms with Crippen molar-refractivity contribution in [3.8, 4) is 0 Å². The fourth-order valence-electron chi connectivity index (χ4n) is 1.56. The maximum Gasteiger partial charge on any atom is 0.306 e. The molecule has 1 atom stereocenters. The number of hydrogen-bond donors (Lipinski definition) is 2. The van der Waals surface area contributed by atoms with Crippen LogP contribution in [0.5, 0.6) is 0 Å². The van der Waals surface area contributed by atoms with Gasteiger partial charge in [0, 0.05) is 25.9 Å². The molecule has 0 saturated carbocycles. The smallest absolute Gasteiger partial charge is 0.306 e. The summed E-state index contributed by atoms with van der Waals surface area (Å²) in [5.41, 5.74) is -0.0927. The number of aliphatic hydroxyl groups is 1. The summed E-state index contributed by atoms with van der Waals surface area (Å²) in [6, 6.07) is 1.78. The van der Waals surface area contributed by atoms with E-state index in [-0.39, 0.29) is 18.8 Å². The number of aromatic nitrogens is 4. The number of anilines is 1. The van der Waals surface area contributed by atoms with Gasteiger partial charge in [0.15, 0.2) is 0 Å². The summed E-state index contributed by atoms with van der Waals surface area (Å²) in [5, 5.41) is 31.1. The van der Waals surface area contributed by atoms with Crippen molar-refractivity contribution in [3.05, 3.63) is 34.8 Å². The number of aliphatic hydroxyl groups excluding tert-OH is 1. The average molecular weight is 266 g/mol. The van der Waals surface area contributed by atoms with E-state index in [1.54, 1.807) is 24.0 Å². The monoisotopic (exact) mass is 266 g/mol. The van der Waals surface area contributed by atoms with E-state index in [0.717, 1.165) is 6.20 Å². The minimum atomic E-state index is -0.721. The Hall–Kier alpha value is -2.42.